The van der Waals surface area contributed by atoms with Gasteiger partial charge < -0.3 is 15.4 Å². The first kappa shape index (κ1) is 21.6. The minimum Gasteiger partial charge on any atom is -0.496 e. The SMILES string of the molecule is COc1ccccc1C(Nc1cc(C)ccn1)c1cc(C)sc1NC(=O)c1ccccc1. The molecule has 0 spiro atoms. The number of carbonyl (C=O) groups is 1. The maximum absolute atomic E-state index is 12.9. The number of amides is 1. The van der Waals surface area contributed by atoms with Gasteiger partial charge in [-0.2, -0.15) is 0 Å². The van der Waals surface area contributed by atoms with Gasteiger partial charge in [0, 0.05) is 27.8 Å². The molecule has 1 unspecified atom stereocenters. The number of para-hydroxylation sites is 1. The molecule has 4 rings (SSSR count). The fourth-order valence-electron chi connectivity index (χ4n) is 3.60. The number of methoxy groups -OCH3 is 1. The third-order valence-corrected chi connectivity index (χ3v) is 6.10. The van der Waals surface area contributed by atoms with Crippen molar-refractivity contribution in [2.75, 3.05) is 17.7 Å². The van der Waals surface area contributed by atoms with Gasteiger partial charge in [0.1, 0.15) is 16.6 Å². The van der Waals surface area contributed by atoms with Crippen molar-refractivity contribution in [1.82, 2.24) is 4.98 Å². The molecule has 1 amide bonds. The third kappa shape index (κ3) is 4.81. The van der Waals surface area contributed by atoms with Crippen molar-refractivity contribution in [3.05, 3.63) is 106 Å². The van der Waals surface area contributed by atoms with E-state index in [0.29, 0.717) is 5.56 Å². The maximum Gasteiger partial charge on any atom is 0.256 e. The van der Waals surface area contributed by atoms with E-state index in [2.05, 4.69) is 21.7 Å². The van der Waals surface area contributed by atoms with Gasteiger partial charge in [-0.1, -0.05) is 36.4 Å². The number of thiophene rings is 1. The van der Waals surface area contributed by atoms with Crippen LogP contribution >= 0.6 is 11.3 Å². The lowest BCUT2D eigenvalue weighted by atomic mass is 9.98. The van der Waals surface area contributed by atoms with Crippen LogP contribution in [0.25, 0.3) is 0 Å². The molecule has 2 aromatic heterocycles. The molecule has 32 heavy (non-hydrogen) atoms. The highest BCUT2D eigenvalue weighted by atomic mass is 32.1. The molecule has 162 valence electrons. The van der Waals surface area contributed by atoms with Crippen LogP contribution in [-0.2, 0) is 0 Å². The molecule has 1 atom stereocenters. The minimum absolute atomic E-state index is 0.138. The van der Waals surface area contributed by atoms with Crippen LogP contribution in [0.15, 0.2) is 79.0 Å². The van der Waals surface area contributed by atoms with Gasteiger partial charge in [-0.15, -0.1) is 11.3 Å². The van der Waals surface area contributed by atoms with Crippen LogP contribution < -0.4 is 15.4 Å². The summed E-state index contributed by atoms with van der Waals surface area (Å²) in [6.45, 7) is 4.07. The summed E-state index contributed by atoms with van der Waals surface area (Å²) in [5, 5.41) is 7.47. The third-order valence-electron chi connectivity index (χ3n) is 5.12. The molecule has 5 nitrogen and oxygen atoms in total. The van der Waals surface area contributed by atoms with Crippen LogP contribution in [0.1, 0.15) is 38.0 Å². The topological polar surface area (TPSA) is 63.2 Å². The predicted molar refractivity (Wildman–Crippen MR) is 131 cm³/mol. The maximum atomic E-state index is 12.9. The zero-order chi connectivity index (χ0) is 22.5. The van der Waals surface area contributed by atoms with E-state index in [1.54, 1.807) is 24.6 Å². The van der Waals surface area contributed by atoms with E-state index in [-0.39, 0.29) is 11.9 Å². The van der Waals surface area contributed by atoms with Crippen LogP contribution in [0.2, 0.25) is 0 Å². The second-order valence-corrected chi connectivity index (χ2v) is 8.76. The Morgan fingerprint density at radius 3 is 2.47 bits per heavy atom. The molecular formula is C26H25N3O2S. The van der Waals surface area contributed by atoms with Gasteiger partial charge >= 0.3 is 0 Å². The average Bonchev–Trinajstić information content (AvgIpc) is 3.17. The Labute approximate surface area is 192 Å². The molecule has 0 radical (unpaired) electrons. The van der Waals surface area contributed by atoms with Crippen LogP contribution in [0.4, 0.5) is 10.8 Å². The summed E-state index contributed by atoms with van der Waals surface area (Å²) in [7, 11) is 1.66. The highest BCUT2D eigenvalue weighted by Crippen LogP contribution is 2.40. The first-order valence-corrected chi connectivity index (χ1v) is 11.2. The van der Waals surface area contributed by atoms with Crippen LogP contribution in [0, 0.1) is 13.8 Å². The van der Waals surface area contributed by atoms with Gasteiger partial charge in [-0.25, -0.2) is 4.98 Å². The van der Waals surface area contributed by atoms with E-state index in [0.717, 1.165) is 38.1 Å². The number of nitrogens with zero attached hydrogens (tertiary/aromatic N) is 1. The van der Waals surface area contributed by atoms with Crippen LogP contribution in [0.3, 0.4) is 0 Å². The number of nitrogens with one attached hydrogen (secondary N) is 2. The van der Waals surface area contributed by atoms with Crippen molar-refractivity contribution >= 4 is 28.1 Å². The zero-order valence-electron chi connectivity index (χ0n) is 18.3. The van der Waals surface area contributed by atoms with E-state index in [1.165, 1.54) is 0 Å². The van der Waals surface area contributed by atoms with Crippen molar-refractivity contribution in [2.24, 2.45) is 0 Å². The first-order chi connectivity index (χ1) is 15.5. The molecule has 0 fully saturated rings. The summed E-state index contributed by atoms with van der Waals surface area (Å²) >= 11 is 1.55. The Balaban J connectivity index is 1.77. The fourth-order valence-corrected chi connectivity index (χ4v) is 4.55. The molecule has 0 aliphatic rings. The monoisotopic (exact) mass is 443 g/mol. The molecule has 2 N–H and O–H groups in total. The molecule has 0 aliphatic heterocycles. The van der Waals surface area contributed by atoms with Gasteiger partial charge in [0.05, 0.1) is 13.2 Å². The Kier molecular flexibility index (Phi) is 6.52. The predicted octanol–water partition coefficient (Wildman–Crippen LogP) is 6.22. The molecule has 4 aromatic rings. The number of aryl methyl sites for hydroxylation is 2. The Hall–Kier alpha value is -3.64. The number of anilines is 2. The number of aromatic nitrogens is 1. The molecule has 0 aliphatic carbocycles. The normalized spacial score (nSPS) is 11.6. The standard InChI is InChI=1S/C26H25N3O2S/c1-17-13-14-27-23(15-17)28-24(20-11-7-8-12-22(20)31-3)21-16-18(2)32-26(21)29-25(30)19-9-5-4-6-10-19/h4-16,24H,1-3H3,(H,27,28)(H,29,30). The summed E-state index contributed by atoms with van der Waals surface area (Å²) in [6.07, 6.45) is 1.79. The highest BCUT2D eigenvalue weighted by molar-refractivity contribution is 7.16. The number of carbonyl (C=O) groups excluding carboxylic acids is 1. The van der Waals surface area contributed by atoms with Crippen molar-refractivity contribution in [3.8, 4) is 5.75 Å². The van der Waals surface area contributed by atoms with Gasteiger partial charge in [0.25, 0.3) is 5.91 Å². The summed E-state index contributed by atoms with van der Waals surface area (Å²) < 4.78 is 5.66. The van der Waals surface area contributed by atoms with E-state index in [9.17, 15) is 4.79 Å². The molecule has 0 bridgehead atoms. The quantitative estimate of drug-likeness (QED) is 0.356. The average molecular weight is 444 g/mol. The van der Waals surface area contributed by atoms with E-state index >= 15 is 0 Å². The van der Waals surface area contributed by atoms with Gasteiger partial charge in [0.2, 0.25) is 0 Å². The molecule has 2 aromatic carbocycles. The van der Waals surface area contributed by atoms with Crippen LogP contribution in [0.5, 0.6) is 5.75 Å². The molecule has 2 heterocycles. The van der Waals surface area contributed by atoms with E-state index in [4.69, 9.17) is 4.74 Å². The number of pyridine rings is 1. The smallest absolute Gasteiger partial charge is 0.256 e. The van der Waals surface area contributed by atoms with Crippen molar-refractivity contribution in [1.29, 1.82) is 0 Å². The summed E-state index contributed by atoms with van der Waals surface area (Å²) in [6, 6.07) is 22.9. The molecule has 0 saturated carbocycles. The van der Waals surface area contributed by atoms with Gasteiger partial charge in [0.15, 0.2) is 0 Å². The summed E-state index contributed by atoms with van der Waals surface area (Å²) in [4.78, 5) is 18.5. The molecular weight excluding hydrogens is 418 g/mol. The Morgan fingerprint density at radius 2 is 1.72 bits per heavy atom. The number of rotatable bonds is 7. The van der Waals surface area contributed by atoms with Crippen molar-refractivity contribution < 1.29 is 9.53 Å². The molecule has 6 heteroatoms. The largest absolute Gasteiger partial charge is 0.496 e. The van der Waals surface area contributed by atoms with E-state index < -0.39 is 0 Å². The number of benzene rings is 2. The van der Waals surface area contributed by atoms with Crippen LogP contribution in [-0.4, -0.2) is 18.0 Å². The zero-order valence-corrected chi connectivity index (χ0v) is 19.1. The lowest BCUT2D eigenvalue weighted by Crippen LogP contribution is -2.17. The fraction of sp³-hybridized carbons (Fsp3) is 0.154. The second kappa shape index (κ2) is 9.66. The number of hydrogen-bond donors (Lipinski definition) is 2. The van der Waals surface area contributed by atoms with Gasteiger partial charge in [-0.05, 0) is 55.8 Å². The minimum atomic E-state index is -0.267. The Bertz CT molecular complexity index is 1220. The highest BCUT2D eigenvalue weighted by Gasteiger charge is 2.24. The van der Waals surface area contributed by atoms with Gasteiger partial charge in [-0.3, -0.25) is 4.79 Å². The number of hydrogen-bond acceptors (Lipinski definition) is 5. The van der Waals surface area contributed by atoms with Crippen molar-refractivity contribution in [2.45, 2.75) is 19.9 Å². The lowest BCUT2D eigenvalue weighted by Gasteiger charge is -2.23. The van der Waals surface area contributed by atoms with E-state index in [1.807, 2.05) is 80.6 Å². The lowest BCUT2D eigenvalue weighted by molar-refractivity contribution is 0.102. The summed E-state index contributed by atoms with van der Waals surface area (Å²) in [5.74, 6) is 1.38. The number of ether oxygens (including phenoxy) is 1. The molecule has 0 saturated heterocycles. The Morgan fingerprint density at radius 1 is 0.969 bits per heavy atom. The second-order valence-electron chi connectivity index (χ2n) is 7.50. The first-order valence-electron chi connectivity index (χ1n) is 10.3. The van der Waals surface area contributed by atoms with Crippen molar-refractivity contribution in [3.63, 3.8) is 0 Å². The summed E-state index contributed by atoms with van der Waals surface area (Å²) in [5.41, 5.74) is 3.66.